The monoisotopic (exact) mass is 800 g/mol. The largest absolute Gasteiger partial charge is 0.256 e. The Balaban J connectivity index is 0.000000270. The summed E-state index contributed by atoms with van der Waals surface area (Å²) in [5, 5.41) is 13.2. The number of unbranched alkanes of at least 4 members (excludes halogenated alkanes) is 9. The molecule has 0 aliphatic carbocycles. The molecule has 6 aromatic rings. The van der Waals surface area contributed by atoms with Crippen molar-refractivity contribution in [3.63, 3.8) is 0 Å². The van der Waals surface area contributed by atoms with Crippen molar-refractivity contribution in [1.82, 2.24) is 9.97 Å². The van der Waals surface area contributed by atoms with Crippen molar-refractivity contribution in [3.05, 3.63) is 146 Å². The smallest absolute Gasteiger partial charge is 0.0780 e. The number of carbonyl (C=O) groups excluding carboxylic acids is 1. The van der Waals surface area contributed by atoms with Gasteiger partial charge in [-0.15, -0.1) is 0 Å². The van der Waals surface area contributed by atoms with E-state index in [1.54, 1.807) is 0 Å². The Hall–Kier alpha value is -4.22. The molecule has 0 atom stereocenters. The van der Waals surface area contributed by atoms with Crippen LogP contribution in [0.4, 0.5) is 0 Å². The van der Waals surface area contributed by atoms with Crippen LogP contribution in [-0.2, 0) is 19.4 Å². The second kappa shape index (κ2) is 28.2. The number of hydrogen-bond donors (Lipinski definition) is 2. The Morgan fingerprint density at radius 2 is 0.982 bits per heavy atom. The van der Waals surface area contributed by atoms with Crippen LogP contribution in [0.1, 0.15) is 85.0 Å². The fourth-order valence-electron chi connectivity index (χ4n) is 5.94. The summed E-state index contributed by atoms with van der Waals surface area (Å²) in [6, 6.07) is 41.3. The van der Waals surface area contributed by atoms with Gasteiger partial charge in [-0.1, -0.05) is 174 Å². The number of nitrogens with zero attached hydrogens (tertiary/aromatic N) is 2. The number of benzene rings is 4. The van der Waals surface area contributed by atoms with Crippen molar-refractivity contribution in [2.24, 2.45) is 0 Å². The molecule has 0 radical (unpaired) electrons. The van der Waals surface area contributed by atoms with E-state index < -0.39 is 10.4 Å². The summed E-state index contributed by atoms with van der Waals surface area (Å²) in [6.07, 6.45) is 16.7. The first-order chi connectivity index (χ1) is 27.1. The molecule has 0 bridgehead atoms. The van der Waals surface area contributed by atoms with Crippen molar-refractivity contribution in [1.29, 1.82) is 0 Å². The van der Waals surface area contributed by atoms with Gasteiger partial charge in [0, 0.05) is 40.4 Å². The van der Waals surface area contributed by atoms with Gasteiger partial charge in [0.05, 0.1) is 23.8 Å². The van der Waals surface area contributed by atoms with Gasteiger partial charge in [-0.2, -0.15) is 8.42 Å². The zero-order valence-electron chi connectivity index (χ0n) is 32.9. The Bertz CT molecular complexity index is 2030. The molecular formula is C47H57N2NaO6S. The van der Waals surface area contributed by atoms with E-state index in [4.69, 9.17) is 9.66 Å². The van der Waals surface area contributed by atoms with E-state index in [1.165, 1.54) is 97.5 Å². The number of hydrogen-bond acceptors (Lipinski definition) is 7. The molecule has 2 N–H and O–H groups in total. The molecule has 298 valence electrons. The number of aromatic nitrogens is 2. The Morgan fingerprint density at radius 3 is 1.35 bits per heavy atom. The van der Waals surface area contributed by atoms with Crippen molar-refractivity contribution in [2.75, 3.05) is 6.61 Å². The molecule has 4 aromatic carbocycles. The van der Waals surface area contributed by atoms with Gasteiger partial charge in [0.2, 0.25) is 0 Å². The molecule has 0 unspecified atom stereocenters. The number of allylic oxidation sites excluding steroid dienone is 2. The number of rotatable bonds is 15. The molecule has 0 saturated heterocycles. The van der Waals surface area contributed by atoms with E-state index in [-0.39, 0.29) is 47.7 Å². The number of carbonyl (C=O) groups is 1. The van der Waals surface area contributed by atoms with Crippen LogP contribution in [0.2, 0.25) is 0 Å². The van der Waals surface area contributed by atoms with Crippen LogP contribution >= 0.6 is 0 Å². The maximum absolute atomic E-state index is 10.2. The van der Waals surface area contributed by atoms with E-state index in [2.05, 4.69) is 93.9 Å². The first-order valence-corrected chi connectivity index (χ1v) is 20.7. The van der Waals surface area contributed by atoms with Crippen molar-refractivity contribution in [3.8, 4) is 22.5 Å². The standard InChI is InChI=1S/2C15H11N.C12H26O4S.C5H8O2.Na.H/c2*1-2-7-13(8-3-1)15-14-9-5-4-6-12(14)10-11-16-15;1-2-3-4-5-6-7-8-9-10-11-12-16-17(13,14)15;1-4(6)3-5(2)7;;/h2*1-11H;2-12H2,1H3,(H,13,14,15);3,6H,1-2H3;;/b;;;4-3-;;. The van der Waals surface area contributed by atoms with Gasteiger partial charge < -0.3 is 5.11 Å². The minimum absolute atomic E-state index is 0. The van der Waals surface area contributed by atoms with Crippen molar-refractivity contribution in [2.45, 2.75) is 85.0 Å². The summed E-state index contributed by atoms with van der Waals surface area (Å²) in [4.78, 5) is 19.0. The van der Waals surface area contributed by atoms with Crippen LogP contribution in [0, 0.1) is 0 Å². The quantitative estimate of drug-likeness (QED) is 0.0345. The van der Waals surface area contributed by atoms with Crippen LogP contribution in [0.3, 0.4) is 0 Å². The summed E-state index contributed by atoms with van der Waals surface area (Å²) in [5.41, 5.74) is 4.44. The van der Waals surface area contributed by atoms with Crippen LogP contribution in [0.5, 0.6) is 0 Å². The third-order valence-electron chi connectivity index (χ3n) is 8.58. The zero-order chi connectivity index (χ0) is 40.4. The van der Waals surface area contributed by atoms with Gasteiger partial charge in [0.25, 0.3) is 0 Å². The fourth-order valence-corrected chi connectivity index (χ4v) is 6.27. The molecule has 0 saturated carbocycles. The Kier molecular flexibility index (Phi) is 24.2. The van der Waals surface area contributed by atoms with Gasteiger partial charge in [-0.05, 0) is 43.2 Å². The number of ketones is 1. The van der Waals surface area contributed by atoms with E-state index >= 15 is 0 Å². The van der Waals surface area contributed by atoms with Gasteiger partial charge in [-0.25, -0.2) is 4.18 Å². The molecule has 8 nitrogen and oxygen atoms in total. The van der Waals surface area contributed by atoms with Gasteiger partial charge in [0.1, 0.15) is 0 Å². The maximum atomic E-state index is 10.2. The Labute approximate surface area is 361 Å². The van der Waals surface area contributed by atoms with Gasteiger partial charge in [-0.3, -0.25) is 19.3 Å². The van der Waals surface area contributed by atoms with Crippen LogP contribution in [0.15, 0.2) is 146 Å². The predicted molar refractivity (Wildman–Crippen MR) is 238 cm³/mol. The summed E-state index contributed by atoms with van der Waals surface area (Å²) >= 11 is 0. The molecule has 10 heteroatoms. The second-order valence-electron chi connectivity index (χ2n) is 13.3. The minimum Gasteiger partial charge on any atom is -0.256 e. The number of pyridine rings is 2. The van der Waals surface area contributed by atoms with Crippen LogP contribution < -0.4 is 0 Å². The average molecular weight is 801 g/mol. The first kappa shape index (κ1) is 48.9. The average Bonchev–Trinajstić information content (AvgIpc) is 3.20. The number of aliphatic hydroxyl groups excluding tert-OH is 1. The third kappa shape index (κ3) is 20.2. The number of aliphatic hydroxyl groups is 1. The summed E-state index contributed by atoms with van der Waals surface area (Å²) in [5.74, 6) is -0.0625. The molecule has 0 spiro atoms. The first-order valence-electron chi connectivity index (χ1n) is 19.4. The number of fused-ring (bicyclic) bond motifs is 2. The Morgan fingerprint density at radius 1 is 0.596 bits per heavy atom. The summed E-state index contributed by atoms with van der Waals surface area (Å²) < 4.78 is 33.0. The summed E-state index contributed by atoms with van der Waals surface area (Å²) in [6.45, 7) is 5.16. The normalized spacial score (nSPS) is 10.8. The second-order valence-corrected chi connectivity index (χ2v) is 14.4. The maximum Gasteiger partial charge on any atom is 0.0780 e. The third-order valence-corrected chi connectivity index (χ3v) is 9.05. The van der Waals surface area contributed by atoms with Crippen LogP contribution in [-0.4, -0.2) is 70.0 Å². The molecule has 6 rings (SSSR count). The molecule has 0 fully saturated rings. The van der Waals surface area contributed by atoms with E-state index in [0.29, 0.717) is 6.42 Å². The van der Waals surface area contributed by atoms with Crippen molar-refractivity contribution < 1.29 is 27.1 Å². The molecule has 2 aromatic heterocycles. The molecule has 2 heterocycles. The van der Waals surface area contributed by atoms with E-state index in [1.807, 2.05) is 60.9 Å². The van der Waals surface area contributed by atoms with E-state index in [0.717, 1.165) is 24.2 Å². The van der Waals surface area contributed by atoms with Gasteiger partial charge >= 0.3 is 40.0 Å². The molecule has 0 aliphatic heterocycles. The summed E-state index contributed by atoms with van der Waals surface area (Å²) in [7, 11) is -4.23. The zero-order valence-corrected chi connectivity index (χ0v) is 33.7. The van der Waals surface area contributed by atoms with E-state index in [9.17, 15) is 13.2 Å². The predicted octanol–water partition coefficient (Wildman–Crippen LogP) is 11.9. The SMILES string of the molecule is CC(=O)/C=C(/C)O.CCCCCCCCCCCCOS(=O)(=O)O.[NaH].c1ccc(-c2nccc3ccccc23)cc1.c1ccc(-c2nccc3ccccc23)cc1. The molecular weight excluding hydrogens is 744 g/mol. The fraction of sp³-hybridized carbons (Fsp3) is 0.298. The topological polar surface area (TPSA) is 127 Å². The minimum atomic E-state index is -4.23. The van der Waals surface area contributed by atoms with Gasteiger partial charge in [0.15, 0.2) is 5.78 Å². The van der Waals surface area contributed by atoms with Crippen LogP contribution in [0.25, 0.3) is 44.1 Å². The molecule has 57 heavy (non-hydrogen) atoms. The van der Waals surface area contributed by atoms with Crippen molar-refractivity contribution >= 4 is 67.3 Å². The molecule has 0 amide bonds. The molecule has 0 aliphatic rings.